The van der Waals surface area contributed by atoms with Gasteiger partial charge in [0.2, 0.25) is 6.10 Å². The van der Waals surface area contributed by atoms with Gasteiger partial charge >= 0.3 is 0 Å². The first kappa shape index (κ1) is 23.4. The number of nitrogens with one attached hydrogen (secondary N) is 1. The van der Waals surface area contributed by atoms with Crippen LogP contribution in [0.5, 0.6) is 23.0 Å². The molecule has 0 bridgehead atoms. The number of benzene rings is 2. The van der Waals surface area contributed by atoms with E-state index in [2.05, 4.69) is 10.5 Å². The highest BCUT2D eigenvalue weighted by Gasteiger charge is 2.27. The minimum Gasteiger partial charge on any atom is -0.490 e. The van der Waals surface area contributed by atoms with E-state index >= 15 is 0 Å². The van der Waals surface area contributed by atoms with E-state index in [0.29, 0.717) is 35.2 Å². The van der Waals surface area contributed by atoms with Gasteiger partial charge in [0, 0.05) is 13.1 Å². The molecule has 2 aliphatic rings. The summed E-state index contributed by atoms with van der Waals surface area (Å²) in [5.74, 6) is 1.69. The summed E-state index contributed by atoms with van der Waals surface area (Å²) < 4.78 is 22.7. The van der Waals surface area contributed by atoms with Crippen molar-refractivity contribution in [2.75, 3.05) is 32.9 Å². The third-order valence-corrected chi connectivity index (χ3v) is 5.52. The van der Waals surface area contributed by atoms with E-state index in [1.807, 2.05) is 24.0 Å². The number of carbonyl (C=O) groups excluding carboxylic acids is 2. The molecule has 2 aliphatic heterocycles. The van der Waals surface area contributed by atoms with E-state index < -0.39 is 12.0 Å². The van der Waals surface area contributed by atoms with Crippen molar-refractivity contribution in [2.24, 2.45) is 5.10 Å². The SMILES string of the molecule is CCOc1cc(/C=N\NC(=O)[C@H]2COc3ccccc3O2)ccc1OCC(=O)N1CCCCC1. The molecule has 180 valence electrons. The quantitative estimate of drug-likeness (QED) is 0.474. The lowest BCUT2D eigenvalue weighted by molar-refractivity contribution is -0.134. The molecule has 0 unspecified atom stereocenters. The highest BCUT2D eigenvalue weighted by Crippen LogP contribution is 2.31. The van der Waals surface area contributed by atoms with Crippen LogP contribution in [0, 0.1) is 0 Å². The monoisotopic (exact) mass is 467 g/mol. The fourth-order valence-electron chi connectivity index (χ4n) is 3.76. The van der Waals surface area contributed by atoms with Crippen molar-refractivity contribution in [1.29, 1.82) is 0 Å². The van der Waals surface area contributed by atoms with E-state index in [0.717, 1.165) is 32.4 Å². The number of hydrogen-bond acceptors (Lipinski definition) is 7. The van der Waals surface area contributed by atoms with Crippen LogP contribution in [0.4, 0.5) is 0 Å². The molecule has 9 heteroatoms. The zero-order valence-corrected chi connectivity index (χ0v) is 19.2. The molecule has 0 aliphatic carbocycles. The van der Waals surface area contributed by atoms with Gasteiger partial charge in [-0.25, -0.2) is 5.43 Å². The van der Waals surface area contributed by atoms with Crippen molar-refractivity contribution in [3.05, 3.63) is 48.0 Å². The van der Waals surface area contributed by atoms with Crippen LogP contribution in [0.2, 0.25) is 0 Å². The van der Waals surface area contributed by atoms with Crippen LogP contribution in [-0.4, -0.2) is 61.9 Å². The number of para-hydroxylation sites is 2. The van der Waals surface area contributed by atoms with Crippen LogP contribution >= 0.6 is 0 Å². The second kappa shape index (κ2) is 11.4. The topological polar surface area (TPSA) is 98.7 Å². The van der Waals surface area contributed by atoms with Gasteiger partial charge in [-0.15, -0.1) is 0 Å². The van der Waals surface area contributed by atoms with Crippen LogP contribution in [0.1, 0.15) is 31.7 Å². The summed E-state index contributed by atoms with van der Waals surface area (Å²) in [5.41, 5.74) is 3.18. The predicted molar refractivity (Wildman–Crippen MR) is 126 cm³/mol. The highest BCUT2D eigenvalue weighted by atomic mass is 16.6. The third kappa shape index (κ3) is 5.98. The Morgan fingerprint density at radius 1 is 1.09 bits per heavy atom. The molecule has 2 heterocycles. The molecule has 2 aromatic carbocycles. The van der Waals surface area contributed by atoms with E-state index in [1.54, 1.807) is 30.3 Å². The normalized spacial score (nSPS) is 17.3. The van der Waals surface area contributed by atoms with Gasteiger partial charge in [-0.3, -0.25) is 9.59 Å². The average molecular weight is 468 g/mol. The number of nitrogens with zero attached hydrogens (tertiary/aromatic N) is 2. The second-order valence-electron chi connectivity index (χ2n) is 7.97. The van der Waals surface area contributed by atoms with Crippen LogP contribution in [0.15, 0.2) is 47.6 Å². The molecule has 0 aromatic heterocycles. The molecule has 1 atom stereocenters. The molecule has 4 rings (SSSR count). The maximum absolute atomic E-state index is 12.4. The first-order valence-corrected chi connectivity index (χ1v) is 11.5. The molecule has 34 heavy (non-hydrogen) atoms. The van der Waals surface area contributed by atoms with Crippen LogP contribution in [-0.2, 0) is 9.59 Å². The van der Waals surface area contributed by atoms with Crippen molar-refractivity contribution in [2.45, 2.75) is 32.3 Å². The smallest absolute Gasteiger partial charge is 0.284 e. The van der Waals surface area contributed by atoms with Crippen molar-refractivity contribution in [3.8, 4) is 23.0 Å². The Bertz CT molecular complexity index is 1040. The van der Waals surface area contributed by atoms with Gasteiger partial charge in [0.15, 0.2) is 29.6 Å². The average Bonchev–Trinajstić information content (AvgIpc) is 2.88. The van der Waals surface area contributed by atoms with Crippen molar-refractivity contribution in [1.82, 2.24) is 10.3 Å². The van der Waals surface area contributed by atoms with E-state index in [9.17, 15) is 9.59 Å². The maximum atomic E-state index is 12.4. The number of likely N-dealkylation sites (tertiary alicyclic amines) is 1. The summed E-state index contributed by atoms with van der Waals surface area (Å²) in [6.45, 7) is 3.95. The first-order valence-electron chi connectivity index (χ1n) is 11.5. The van der Waals surface area contributed by atoms with Crippen LogP contribution < -0.4 is 24.4 Å². The standard InChI is InChI=1S/C25H29N3O6/c1-2-31-22-14-18(10-11-20(22)33-17-24(29)28-12-6-3-7-13-28)15-26-27-25(30)23-16-32-19-8-4-5-9-21(19)34-23/h4-5,8-11,14-15,23H,2-3,6-7,12-13,16-17H2,1H3,(H,27,30)/b26-15-/t23-/m1/s1. The highest BCUT2D eigenvalue weighted by molar-refractivity contribution is 5.85. The molecule has 1 fully saturated rings. The molecule has 0 spiro atoms. The summed E-state index contributed by atoms with van der Waals surface area (Å²) in [6.07, 6.45) is 3.94. The van der Waals surface area contributed by atoms with Gasteiger partial charge < -0.3 is 23.8 Å². The van der Waals surface area contributed by atoms with E-state index in [1.165, 1.54) is 6.21 Å². The van der Waals surface area contributed by atoms with E-state index in [4.69, 9.17) is 18.9 Å². The van der Waals surface area contributed by atoms with E-state index in [-0.39, 0.29) is 19.1 Å². The molecule has 2 aromatic rings. The molecular weight excluding hydrogens is 438 g/mol. The number of piperidine rings is 1. The Hall–Kier alpha value is -3.75. The molecule has 0 saturated carbocycles. The molecule has 9 nitrogen and oxygen atoms in total. The minimum absolute atomic E-state index is 0.0213. The largest absolute Gasteiger partial charge is 0.490 e. The van der Waals surface area contributed by atoms with Crippen molar-refractivity contribution < 1.29 is 28.5 Å². The Morgan fingerprint density at radius 2 is 1.88 bits per heavy atom. The predicted octanol–water partition coefficient (Wildman–Crippen LogP) is 2.77. The summed E-state index contributed by atoms with van der Waals surface area (Å²) in [7, 11) is 0. The third-order valence-electron chi connectivity index (χ3n) is 5.52. The number of carbonyl (C=O) groups is 2. The van der Waals surface area contributed by atoms with Crippen molar-refractivity contribution in [3.63, 3.8) is 0 Å². The lowest BCUT2D eigenvalue weighted by Crippen LogP contribution is -2.42. The zero-order valence-electron chi connectivity index (χ0n) is 19.2. The van der Waals surface area contributed by atoms with Gasteiger partial charge in [0.05, 0.1) is 12.8 Å². The zero-order chi connectivity index (χ0) is 23.8. The number of rotatable bonds is 8. The second-order valence-corrected chi connectivity index (χ2v) is 7.97. The number of ether oxygens (including phenoxy) is 4. The molecular formula is C25H29N3O6. The van der Waals surface area contributed by atoms with Crippen molar-refractivity contribution >= 4 is 18.0 Å². The lowest BCUT2D eigenvalue weighted by atomic mass is 10.1. The fraction of sp³-hybridized carbons (Fsp3) is 0.400. The first-order chi connectivity index (χ1) is 16.6. The Balaban J connectivity index is 1.32. The number of fused-ring (bicyclic) bond motifs is 1. The number of hydrogen-bond donors (Lipinski definition) is 1. The maximum Gasteiger partial charge on any atom is 0.284 e. The van der Waals surface area contributed by atoms with Gasteiger partial charge in [-0.2, -0.15) is 5.10 Å². The van der Waals surface area contributed by atoms with Crippen LogP contribution in [0.3, 0.4) is 0 Å². The van der Waals surface area contributed by atoms with Gasteiger partial charge in [-0.1, -0.05) is 12.1 Å². The molecule has 1 N–H and O–H groups in total. The Labute approximate surface area is 198 Å². The summed E-state index contributed by atoms with van der Waals surface area (Å²) in [4.78, 5) is 26.6. The van der Waals surface area contributed by atoms with Crippen LogP contribution in [0.25, 0.3) is 0 Å². The Kier molecular flexibility index (Phi) is 7.85. The summed E-state index contributed by atoms with van der Waals surface area (Å²) in [5, 5.41) is 4.02. The molecule has 2 amide bonds. The lowest BCUT2D eigenvalue weighted by Gasteiger charge is -2.26. The molecule has 1 saturated heterocycles. The Morgan fingerprint density at radius 3 is 2.68 bits per heavy atom. The fourth-order valence-corrected chi connectivity index (χ4v) is 3.76. The molecule has 0 radical (unpaired) electrons. The minimum atomic E-state index is -0.792. The van der Waals surface area contributed by atoms with Gasteiger partial charge in [-0.05, 0) is 62.1 Å². The number of amides is 2. The van der Waals surface area contributed by atoms with Gasteiger partial charge in [0.1, 0.15) is 6.61 Å². The summed E-state index contributed by atoms with van der Waals surface area (Å²) in [6, 6.07) is 12.4. The van der Waals surface area contributed by atoms with Gasteiger partial charge in [0.25, 0.3) is 11.8 Å². The summed E-state index contributed by atoms with van der Waals surface area (Å²) >= 11 is 0. The number of hydrazone groups is 1.